The molecular formula is C10H11ClN4O. The lowest BCUT2D eigenvalue weighted by molar-refractivity contribution is 0.0950. The number of rotatable bonds is 4. The summed E-state index contributed by atoms with van der Waals surface area (Å²) in [5.41, 5.74) is 1.18. The Kier molecular flexibility index (Phi) is 3.36. The van der Waals surface area contributed by atoms with E-state index in [-0.39, 0.29) is 5.91 Å². The summed E-state index contributed by atoms with van der Waals surface area (Å²) < 4.78 is 0. The fourth-order valence-electron chi connectivity index (χ4n) is 1.38. The van der Waals surface area contributed by atoms with Gasteiger partial charge in [-0.1, -0.05) is 0 Å². The molecule has 1 amide bonds. The van der Waals surface area contributed by atoms with Gasteiger partial charge in [0.15, 0.2) is 5.69 Å². The molecule has 5 nitrogen and oxygen atoms in total. The third-order valence-electron chi connectivity index (χ3n) is 2.18. The van der Waals surface area contributed by atoms with Crippen LogP contribution in [-0.4, -0.2) is 33.5 Å². The molecule has 16 heavy (non-hydrogen) atoms. The fourth-order valence-corrected chi connectivity index (χ4v) is 1.52. The summed E-state index contributed by atoms with van der Waals surface area (Å²) in [6.45, 7) is 0.553. The Morgan fingerprint density at radius 1 is 1.56 bits per heavy atom. The average Bonchev–Trinajstić information content (AvgIpc) is 2.73. The van der Waals surface area contributed by atoms with E-state index in [0.717, 1.165) is 17.3 Å². The first kappa shape index (κ1) is 10.9. The van der Waals surface area contributed by atoms with Gasteiger partial charge in [-0.3, -0.25) is 14.9 Å². The molecule has 2 heterocycles. The summed E-state index contributed by atoms with van der Waals surface area (Å²) in [6, 6.07) is 1.78. The maximum atomic E-state index is 11.7. The molecule has 0 fully saturated rings. The van der Waals surface area contributed by atoms with Crippen LogP contribution in [0.15, 0.2) is 18.5 Å². The second-order valence-electron chi connectivity index (χ2n) is 3.29. The predicted octanol–water partition coefficient (Wildman–Crippen LogP) is 1.32. The molecule has 0 spiro atoms. The standard InChI is InChI=1S/C10H11ClN4O/c11-3-1-4-13-10(16)9-7-6-12-5-2-8(7)14-15-9/h2,5-6H,1,3-4H2,(H,13,16)(H,14,15). The molecule has 6 heteroatoms. The van der Waals surface area contributed by atoms with Crippen molar-refractivity contribution in [2.75, 3.05) is 12.4 Å². The van der Waals surface area contributed by atoms with Crippen molar-refractivity contribution in [2.24, 2.45) is 0 Å². The number of hydrogen-bond acceptors (Lipinski definition) is 3. The zero-order chi connectivity index (χ0) is 11.4. The number of amides is 1. The molecule has 84 valence electrons. The molecule has 2 aromatic heterocycles. The summed E-state index contributed by atoms with van der Waals surface area (Å²) in [4.78, 5) is 15.7. The zero-order valence-electron chi connectivity index (χ0n) is 8.53. The first-order valence-corrected chi connectivity index (χ1v) is 5.48. The Morgan fingerprint density at radius 3 is 3.25 bits per heavy atom. The highest BCUT2D eigenvalue weighted by Gasteiger charge is 2.12. The molecule has 0 bridgehead atoms. The second kappa shape index (κ2) is 4.94. The number of aromatic amines is 1. The monoisotopic (exact) mass is 238 g/mol. The first-order valence-electron chi connectivity index (χ1n) is 4.95. The van der Waals surface area contributed by atoms with Gasteiger partial charge in [-0.25, -0.2) is 0 Å². The topological polar surface area (TPSA) is 70.7 Å². The quantitative estimate of drug-likeness (QED) is 0.623. The Balaban J connectivity index is 2.17. The molecule has 2 rings (SSSR count). The van der Waals surface area contributed by atoms with Gasteiger partial charge in [-0.2, -0.15) is 5.10 Å². The van der Waals surface area contributed by atoms with E-state index in [1.54, 1.807) is 18.5 Å². The van der Waals surface area contributed by atoms with Crippen LogP contribution < -0.4 is 5.32 Å². The number of carbonyl (C=O) groups is 1. The van der Waals surface area contributed by atoms with Gasteiger partial charge in [0.2, 0.25) is 0 Å². The van der Waals surface area contributed by atoms with Crippen LogP contribution in [0.25, 0.3) is 10.9 Å². The lowest BCUT2D eigenvalue weighted by atomic mass is 10.2. The van der Waals surface area contributed by atoms with Crippen LogP contribution in [0.3, 0.4) is 0 Å². The van der Waals surface area contributed by atoms with Crippen molar-refractivity contribution in [3.05, 3.63) is 24.2 Å². The van der Waals surface area contributed by atoms with Gasteiger partial charge in [-0.05, 0) is 12.5 Å². The van der Waals surface area contributed by atoms with Gasteiger partial charge in [0, 0.05) is 24.8 Å². The molecule has 0 saturated heterocycles. The maximum absolute atomic E-state index is 11.7. The summed E-state index contributed by atoms with van der Waals surface area (Å²) in [5.74, 6) is 0.327. The Bertz CT molecular complexity index is 496. The number of H-pyrrole nitrogens is 1. The van der Waals surface area contributed by atoms with E-state index in [2.05, 4.69) is 20.5 Å². The molecule has 0 radical (unpaired) electrons. The van der Waals surface area contributed by atoms with Gasteiger partial charge < -0.3 is 5.32 Å². The van der Waals surface area contributed by atoms with Gasteiger partial charge >= 0.3 is 0 Å². The van der Waals surface area contributed by atoms with Crippen molar-refractivity contribution in [3.63, 3.8) is 0 Å². The molecule has 2 aromatic rings. The lowest BCUT2D eigenvalue weighted by Crippen LogP contribution is -2.25. The fraction of sp³-hybridized carbons (Fsp3) is 0.300. The summed E-state index contributed by atoms with van der Waals surface area (Å²) >= 11 is 5.52. The van der Waals surface area contributed by atoms with Crippen molar-refractivity contribution >= 4 is 28.4 Å². The van der Waals surface area contributed by atoms with Crippen LogP contribution in [0.1, 0.15) is 16.9 Å². The SMILES string of the molecule is O=C(NCCCCl)c1n[nH]c2ccncc12. The highest BCUT2D eigenvalue weighted by molar-refractivity contribution is 6.17. The number of nitrogens with zero attached hydrogens (tertiary/aromatic N) is 2. The largest absolute Gasteiger partial charge is 0.351 e. The van der Waals surface area contributed by atoms with E-state index in [9.17, 15) is 4.79 Å². The molecule has 0 atom stereocenters. The summed E-state index contributed by atoms with van der Waals surface area (Å²) in [6.07, 6.45) is 4.01. The molecule has 0 aliphatic carbocycles. The van der Waals surface area contributed by atoms with E-state index >= 15 is 0 Å². The Hall–Kier alpha value is -1.62. The van der Waals surface area contributed by atoms with E-state index in [1.165, 1.54) is 0 Å². The minimum Gasteiger partial charge on any atom is -0.351 e. The van der Waals surface area contributed by atoms with E-state index < -0.39 is 0 Å². The highest BCUT2D eigenvalue weighted by Crippen LogP contribution is 2.13. The van der Waals surface area contributed by atoms with Crippen LogP contribution in [0.4, 0.5) is 0 Å². The number of aromatic nitrogens is 3. The maximum Gasteiger partial charge on any atom is 0.272 e. The third kappa shape index (κ3) is 2.14. The minimum absolute atomic E-state index is 0.204. The minimum atomic E-state index is -0.204. The smallest absolute Gasteiger partial charge is 0.272 e. The van der Waals surface area contributed by atoms with Gasteiger partial charge in [0.25, 0.3) is 5.91 Å². The van der Waals surface area contributed by atoms with E-state index in [4.69, 9.17) is 11.6 Å². The van der Waals surface area contributed by atoms with Gasteiger partial charge in [-0.15, -0.1) is 11.6 Å². The van der Waals surface area contributed by atoms with Crippen molar-refractivity contribution in [3.8, 4) is 0 Å². The number of alkyl halides is 1. The molecule has 0 aromatic carbocycles. The average molecular weight is 239 g/mol. The first-order chi connectivity index (χ1) is 7.83. The van der Waals surface area contributed by atoms with Crippen LogP contribution >= 0.6 is 11.6 Å². The Morgan fingerprint density at radius 2 is 2.44 bits per heavy atom. The molecule has 2 N–H and O–H groups in total. The summed E-state index contributed by atoms with van der Waals surface area (Å²) in [7, 11) is 0. The van der Waals surface area contributed by atoms with Crippen LogP contribution in [-0.2, 0) is 0 Å². The van der Waals surface area contributed by atoms with Crippen molar-refractivity contribution in [1.29, 1.82) is 0 Å². The van der Waals surface area contributed by atoms with Crippen LogP contribution in [0.2, 0.25) is 0 Å². The van der Waals surface area contributed by atoms with Crippen molar-refractivity contribution in [2.45, 2.75) is 6.42 Å². The van der Waals surface area contributed by atoms with Crippen molar-refractivity contribution < 1.29 is 4.79 Å². The molecule has 0 saturated carbocycles. The lowest BCUT2D eigenvalue weighted by Gasteiger charge is -2.00. The normalized spacial score (nSPS) is 10.6. The summed E-state index contributed by atoms with van der Waals surface area (Å²) in [5, 5.41) is 10.2. The molecular weight excluding hydrogens is 228 g/mol. The number of fused-ring (bicyclic) bond motifs is 1. The van der Waals surface area contributed by atoms with E-state index in [0.29, 0.717) is 18.1 Å². The van der Waals surface area contributed by atoms with Crippen LogP contribution in [0, 0.1) is 0 Å². The second-order valence-corrected chi connectivity index (χ2v) is 3.67. The van der Waals surface area contributed by atoms with Crippen molar-refractivity contribution in [1.82, 2.24) is 20.5 Å². The number of halogens is 1. The van der Waals surface area contributed by atoms with Crippen LogP contribution in [0.5, 0.6) is 0 Å². The number of pyridine rings is 1. The molecule has 0 aliphatic heterocycles. The van der Waals surface area contributed by atoms with Gasteiger partial charge in [0.1, 0.15) is 0 Å². The predicted molar refractivity (Wildman–Crippen MR) is 61.6 cm³/mol. The highest BCUT2D eigenvalue weighted by atomic mass is 35.5. The Labute approximate surface area is 97.2 Å². The number of nitrogens with one attached hydrogen (secondary N) is 2. The molecule has 0 unspecified atom stereocenters. The van der Waals surface area contributed by atoms with E-state index in [1.807, 2.05) is 0 Å². The van der Waals surface area contributed by atoms with Gasteiger partial charge in [0.05, 0.1) is 10.9 Å². The zero-order valence-corrected chi connectivity index (χ0v) is 9.29. The number of hydrogen-bond donors (Lipinski definition) is 2. The third-order valence-corrected chi connectivity index (χ3v) is 2.44. The molecule has 0 aliphatic rings. The number of carbonyl (C=O) groups excluding carboxylic acids is 1.